The SMILES string of the molecule is C=C(C)[C@H]1CCC(C)=CC1c1c(O)cc(CCCCC)cc1O. The number of phenols is 2. The number of hydrogen-bond donors (Lipinski definition) is 2. The Hall–Kier alpha value is -1.70. The molecule has 1 aromatic carbocycles. The van der Waals surface area contributed by atoms with Crippen LogP contribution in [-0.4, -0.2) is 10.2 Å². The van der Waals surface area contributed by atoms with Gasteiger partial charge in [0, 0.05) is 11.5 Å². The predicted octanol–water partition coefficient (Wildman–Crippen LogP) is 5.85. The fourth-order valence-electron chi connectivity index (χ4n) is 3.65. The molecule has 23 heavy (non-hydrogen) atoms. The van der Waals surface area contributed by atoms with Crippen molar-refractivity contribution in [1.29, 1.82) is 0 Å². The summed E-state index contributed by atoms with van der Waals surface area (Å²) in [6.45, 7) is 10.4. The Labute approximate surface area is 140 Å². The van der Waals surface area contributed by atoms with Crippen LogP contribution in [0.5, 0.6) is 11.5 Å². The maximum absolute atomic E-state index is 10.5. The van der Waals surface area contributed by atoms with E-state index >= 15 is 0 Å². The quantitative estimate of drug-likeness (QED) is 0.511. The molecule has 0 saturated heterocycles. The molecule has 0 amide bonds. The van der Waals surface area contributed by atoms with Gasteiger partial charge in [0.25, 0.3) is 0 Å². The molecule has 2 rings (SSSR count). The van der Waals surface area contributed by atoms with Crippen molar-refractivity contribution >= 4 is 0 Å². The third kappa shape index (κ3) is 4.19. The maximum Gasteiger partial charge on any atom is 0.123 e. The fraction of sp³-hybridized carbons (Fsp3) is 0.524. The number of allylic oxidation sites excluding steroid dienone is 3. The second-order valence-corrected chi connectivity index (χ2v) is 7.04. The zero-order valence-corrected chi connectivity index (χ0v) is 14.7. The lowest BCUT2D eigenvalue weighted by molar-refractivity contribution is 0.406. The minimum Gasteiger partial charge on any atom is -0.507 e. The van der Waals surface area contributed by atoms with Crippen LogP contribution in [0.2, 0.25) is 0 Å². The van der Waals surface area contributed by atoms with Gasteiger partial charge in [-0.15, -0.1) is 0 Å². The second-order valence-electron chi connectivity index (χ2n) is 7.04. The van der Waals surface area contributed by atoms with Crippen molar-refractivity contribution in [2.24, 2.45) is 5.92 Å². The molecule has 0 bridgehead atoms. The molecule has 0 radical (unpaired) electrons. The highest BCUT2D eigenvalue weighted by molar-refractivity contribution is 5.51. The van der Waals surface area contributed by atoms with Gasteiger partial charge in [0.1, 0.15) is 11.5 Å². The van der Waals surface area contributed by atoms with E-state index in [1.165, 1.54) is 18.4 Å². The zero-order chi connectivity index (χ0) is 17.0. The van der Waals surface area contributed by atoms with Crippen LogP contribution in [-0.2, 0) is 6.42 Å². The summed E-state index contributed by atoms with van der Waals surface area (Å²) in [5.41, 5.74) is 4.11. The molecule has 2 heteroatoms. The summed E-state index contributed by atoms with van der Waals surface area (Å²) in [7, 11) is 0. The van der Waals surface area contributed by atoms with Crippen molar-refractivity contribution in [2.45, 2.75) is 65.2 Å². The Morgan fingerprint density at radius 1 is 1.22 bits per heavy atom. The third-order valence-electron chi connectivity index (χ3n) is 4.98. The van der Waals surface area contributed by atoms with Gasteiger partial charge in [0.2, 0.25) is 0 Å². The van der Waals surface area contributed by atoms with E-state index in [0.29, 0.717) is 5.56 Å². The van der Waals surface area contributed by atoms with E-state index in [0.717, 1.165) is 36.8 Å². The molecule has 0 aromatic heterocycles. The molecule has 2 atom stereocenters. The summed E-state index contributed by atoms with van der Waals surface area (Å²) in [6.07, 6.45) is 8.61. The predicted molar refractivity (Wildman–Crippen MR) is 97.0 cm³/mol. The molecule has 2 nitrogen and oxygen atoms in total. The number of rotatable bonds is 6. The van der Waals surface area contributed by atoms with Gasteiger partial charge in [0.15, 0.2) is 0 Å². The van der Waals surface area contributed by atoms with Crippen molar-refractivity contribution in [3.63, 3.8) is 0 Å². The highest BCUT2D eigenvalue weighted by atomic mass is 16.3. The minimum atomic E-state index is 0.0194. The van der Waals surface area contributed by atoms with Crippen molar-refractivity contribution < 1.29 is 10.2 Å². The van der Waals surface area contributed by atoms with Gasteiger partial charge in [-0.05, 0) is 63.1 Å². The monoisotopic (exact) mass is 314 g/mol. The average Bonchev–Trinajstić information content (AvgIpc) is 2.46. The largest absolute Gasteiger partial charge is 0.507 e. The first-order valence-electron chi connectivity index (χ1n) is 8.81. The van der Waals surface area contributed by atoms with Gasteiger partial charge >= 0.3 is 0 Å². The van der Waals surface area contributed by atoms with E-state index < -0.39 is 0 Å². The number of phenolic OH excluding ortho intramolecular Hbond substituents is 2. The maximum atomic E-state index is 10.5. The molecule has 1 unspecified atom stereocenters. The normalized spacial score (nSPS) is 21.1. The van der Waals surface area contributed by atoms with Gasteiger partial charge < -0.3 is 10.2 Å². The van der Waals surface area contributed by atoms with Gasteiger partial charge in [0.05, 0.1) is 0 Å². The number of aromatic hydroxyl groups is 2. The molecule has 0 saturated carbocycles. The topological polar surface area (TPSA) is 40.5 Å². The summed E-state index contributed by atoms with van der Waals surface area (Å²) in [6, 6.07) is 3.66. The van der Waals surface area contributed by atoms with E-state index in [-0.39, 0.29) is 23.3 Å². The lowest BCUT2D eigenvalue weighted by Crippen LogP contribution is -2.17. The van der Waals surface area contributed by atoms with Gasteiger partial charge in [-0.2, -0.15) is 0 Å². The van der Waals surface area contributed by atoms with Crippen molar-refractivity contribution in [3.05, 3.63) is 47.1 Å². The van der Waals surface area contributed by atoms with Crippen LogP contribution in [0.1, 0.15) is 69.9 Å². The second kappa shape index (κ2) is 7.72. The average molecular weight is 314 g/mol. The molecule has 2 N–H and O–H groups in total. The zero-order valence-electron chi connectivity index (χ0n) is 14.7. The van der Waals surface area contributed by atoms with Crippen molar-refractivity contribution in [2.75, 3.05) is 0 Å². The number of hydrogen-bond acceptors (Lipinski definition) is 2. The number of aryl methyl sites for hydroxylation is 1. The van der Waals surface area contributed by atoms with Crippen LogP contribution < -0.4 is 0 Å². The van der Waals surface area contributed by atoms with Gasteiger partial charge in [-0.1, -0.05) is 43.6 Å². The fourth-order valence-corrected chi connectivity index (χ4v) is 3.65. The summed E-state index contributed by atoms with van der Waals surface area (Å²) < 4.78 is 0. The van der Waals surface area contributed by atoms with Crippen LogP contribution in [0, 0.1) is 5.92 Å². The molecular weight excluding hydrogens is 284 g/mol. The number of benzene rings is 1. The van der Waals surface area contributed by atoms with Crippen LogP contribution in [0.3, 0.4) is 0 Å². The Morgan fingerprint density at radius 3 is 2.43 bits per heavy atom. The summed E-state index contributed by atoms with van der Waals surface area (Å²) >= 11 is 0. The molecule has 0 aliphatic heterocycles. The van der Waals surface area contributed by atoms with E-state index in [1.807, 2.05) is 19.1 Å². The molecule has 0 heterocycles. The van der Waals surface area contributed by atoms with Gasteiger partial charge in [-0.25, -0.2) is 0 Å². The van der Waals surface area contributed by atoms with Crippen LogP contribution in [0.15, 0.2) is 35.9 Å². The van der Waals surface area contributed by atoms with Crippen LogP contribution >= 0.6 is 0 Å². The lowest BCUT2D eigenvalue weighted by Gasteiger charge is -2.31. The molecule has 0 fully saturated rings. The number of unbranched alkanes of at least 4 members (excludes halogenated alkanes) is 2. The van der Waals surface area contributed by atoms with Gasteiger partial charge in [-0.3, -0.25) is 0 Å². The smallest absolute Gasteiger partial charge is 0.123 e. The minimum absolute atomic E-state index is 0.0194. The molecular formula is C21H30O2. The van der Waals surface area contributed by atoms with E-state index in [2.05, 4.69) is 26.5 Å². The molecule has 1 aromatic rings. The molecule has 126 valence electrons. The highest BCUT2D eigenvalue weighted by Crippen LogP contribution is 2.46. The van der Waals surface area contributed by atoms with E-state index in [1.54, 1.807) is 0 Å². The Morgan fingerprint density at radius 2 is 1.87 bits per heavy atom. The summed E-state index contributed by atoms with van der Waals surface area (Å²) in [4.78, 5) is 0. The van der Waals surface area contributed by atoms with Crippen LogP contribution in [0.25, 0.3) is 0 Å². The van der Waals surface area contributed by atoms with Crippen molar-refractivity contribution in [1.82, 2.24) is 0 Å². The third-order valence-corrected chi connectivity index (χ3v) is 4.98. The Kier molecular flexibility index (Phi) is 5.92. The van der Waals surface area contributed by atoms with Crippen LogP contribution in [0.4, 0.5) is 0 Å². The molecule has 1 aliphatic rings. The first-order chi connectivity index (χ1) is 10.9. The standard InChI is InChI=1S/C21H30O2/c1-5-6-7-8-16-12-19(22)21(20(23)13-16)18-11-15(4)9-10-17(18)14(2)3/h11-13,17-18,22-23H,2,5-10H2,1,3-4H3/t17-,18?/m1/s1. The van der Waals surface area contributed by atoms with Crippen molar-refractivity contribution in [3.8, 4) is 11.5 Å². The summed E-state index contributed by atoms with van der Waals surface area (Å²) in [5.74, 6) is 0.741. The lowest BCUT2D eigenvalue weighted by atomic mass is 9.73. The van der Waals surface area contributed by atoms with E-state index in [4.69, 9.17) is 0 Å². The first kappa shape index (κ1) is 17.7. The molecule has 0 spiro atoms. The highest BCUT2D eigenvalue weighted by Gasteiger charge is 2.29. The first-order valence-corrected chi connectivity index (χ1v) is 8.81. The molecule has 1 aliphatic carbocycles. The van der Waals surface area contributed by atoms with E-state index in [9.17, 15) is 10.2 Å². The Bertz CT molecular complexity index is 575. The Balaban J connectivity index is 2.34. The summed E-state index contributed by atoms with van der Waals surface area (Å²) in [5, 5.41) is 21.1.